The van der Waals surface area contributed by atoms with Crippen molar-refractivity contribution in [1.29, 1.82) is 5.26 Å². The Morgan fingerprint density at radius 3 is 2.83 bits per heavy atom. The van der Waals surface area contributed by atoms with Gasteiger partial charge in [-0.15, -0.1) is 11.3 Å². The SMILES string of the molecule is N#Cc1ccc(NC2CCc3sc(Cl)cc32)cc1. The Hall–Kier alpha value is -1.50. The number of thiophene rings is 1. The van der Waals surface area contributed by atoms with E-state index in [0.29, 0.717) is 11.6 Å². The quantitative estimate of drug-likeness (QED) is 0.882. The van der Waals surface area contributed by atoms with Crippen molar-refractivity contribution in [2.75, 3.05) is 5.32 Å². The molecule has 1 N–H and O–H groups in total. The molecule has 0 bridgehead atoms. The first-order chi connectivity index (χ1) is 8.76. The molecule has 2 nitrogen and oxygen atoms in total. The molecule has 4 heteroatoms. The van der Waals surface area contributed by atoms with Crippen LogP contribution in [-0.4, -0.2) is 0 Å². The Labute approximate surface area is 115 Å². The third-order valence-corrected chi connectivity index (χ3v) is 4.54. The molecular weight excluding hydrogens is 264 g/mol. The Bertz CT molecular complexity index is 610. The van der Waals surface area contributed by atoms with E-state index in [1.165, 1.54) is 10.4 Å². The van der Waals surface area contributed by atoms with Crippen LogP contribution in [0.4, 0.5) is 5.69 Å². The van der Waals surface area contributed by atoms with Crippen LogP contribution in [0.1, 0.15) is 28.5 Å². The number of nitrogens with one attached hydrogen (secondary N) is 1. The maximum Gasteiger partial charge on any atom is 0.0991 e. The van der Waals surface area contributed by atoms with Gasteiger partial charge in [0.1, 0.15) is 0 Å². The van der Waals surface area contributed by atoms with Crippen LogP contribution in [0.15, 0.2) is 30.3 Å². The van der Waals surface area contributed by atoms with Crippen LogP contribution in [0.25, 0.3) is 0 Å². The molecule has 3 rings (SSSR count). The van der Waals surface area contributed by atoms with Crippen LogP contribution >= 0.6 is 22.9 Å². The monoisotopic (exact) mass is 274 g/mol. The van der Waals surface area contributed by atoms with Gasteiger partial charge in [0.25, 0.3) is 0 Å². The predicted octanol–water partition coefficient (Wildman–Crippen LogP) is 4.37. The lowest BCUT2D eigenvalue weighted by molar-refractivity contribution is 0.762. The van der Waals surface area contributed by atoms with Crippen LogP contribution in [0.5, 0.6) is 0 Å². The molecule has 0 fully saturated rings. The standard InChI is InChI=1S/C14H11ClN2S/c15-14-7-11-12(5-6-13(11)18-14)17-10-3-1-9(8-16)2-4-10/h1-4,7,12,17H,5-6H2. The van der Waals surface area contributed by atoms with E-state index in [1.54, 1.807) is 11.3 Å². The Morgan fingerprint density at radius 1 is 1.33 bits per heavy atom. The van der Waals surface area contributed by atoms with Crippen molar-refractivity contribution in [3.63, 3.8) is 0 Å². The maximum absolute atomic E-state index is 8.76. The van der Waals surface area contributed by atoms with Crippen molar-refractivity contribution in [3.8, 4) is 6.07 Å². The summed E-state index contributed by atoms with van der Waals surface area (Å²) >= 11 is 7.72. The third-order valence-electron chi connectivity index (χ3n) is 3.20. The van der Waals surface area contributed by atoms with E-state index >= 15 is 0 Å². The first-order valence-corrected chi connectivity index (χ1v) is 7.00. The van der Waals surface area contributed by atoms with Crippen LogP contribution < -0.4 is 5.32 Å². The van der Waals surface area contributed by atoms with Gasteiger partial charge in [0, 0.05) is 10.6 Å². The summed E-state index contributed by atoms with van der Waals surface area (Å²) in [6.07, 6.45) is 2.21. The van der Waals surface area contributed by atoms with E-state index in [2.05, 4.69) is 17.5 Å². The molecule has 0 saturated heterocycles. The molecule has 1 atom stereocenters. The summed E-state index contributed by atoms with van der Waals surface area (Å²) in [6.45, 7) is 0. The predicted molar refractivity (Wildman–Crippen MR) is 75.2 cm³/mol. The van der Waals surface area contributed by atoms with Gasteiger partial charge in [-0.3, -0.25) is 0 Å². The molecule has 1 aromatic heterocycles. The second-order valence-corrected chi connectivity index (χ2v) is 6.12. The second kappa shape index (κ2) is 4.64. The molecule has 1 heterocycles. The third kappa shape index (κ3) is 2.10. The molecule has 90 valence electrons. The molecule has 0 saturated carbocycles. The highest BCUT2D eigenvalue weighted by atomic mass is 35.5. The molecule has 2 aromatic rings. The molecular formula is C14H11ClN2S. The summed E-state index contributed by atoms with van der Waals surface area (Å²) in [5, 5.41) is 12.3. The summed E-state index contributed by atoms with van der Waals surface area (Å²) in [7, 11) is 0. The molecule has 0 aliphatic heterocycles. The minimum atomic E-state index is 0.344. The maximum atomic E-state index is 8.76. The molecule has 1 aromatic carbocycles. The number of aryl methyl sites for hydroxylation is 1. The fourth-order valence-electron chi connectivity index (χ4n) is 2.32. The fourth-order valence-corrected chi connectivity index (χ4v) is 3.68. The van der Waals surface area contributed by atoms with Crippen LogP contribution in [0, 0.1) is 11.3 Å². The molecule has 1 unspecified atom stereocenters. The summed E-state index contributed by atoms with van der Waals surface area (Å²) in [6, 6.07) is 12.1. The van der Waals surface area contributed by atoms with E-state index < -0.39 is 0 Å². The van der Waals surface area contributed by atoms with E-state index in [4.69, 9.17) is 16.9 Å². The zero-order chi connectivity index (χ0) is 12.5. The lowest BCUT2D eigenvalue weighted by atomic mass is 10.1. The normalized spacial score (nSPS) is 17.2. The zero-order valence-corrected chi connectivity index (χ0v) is 11.2. The van der Waals surface area contributed by atoms with Gasteiger partial charge < -0.3 is 5.32 Å². The first kappa shape index (κ1) is 11.6. The van der Waals surface area contributed by atoms with Gasteiger partial charge in [0.15, 0.2) is 0 Å². The number of halogens is 1. The number of hydrogen-bond donors (Lipinski definition) is 1. The minimum absolute atomic E-state index is 0.344. The molecule has 1 aliphatic rings. The molecule has 0 spiro atoms. The highest BCUT2D eigenvalue weighted by Crippen LogP contribution is 2.40. The molecule has 0 radical (unpaired) electrons. The highest BCUT2D eigenvalue weighted by Gasteiger charge is 2.24. The van der Waals surface area contributed by atoms with Crippen molar-refractivity contribution in [1.82, 2.24) is 0 Å². The molecule has 0 amide bonds. The first-order valence-electron chi connectivity index (χ1n) is 5.81. The van der Waals surface area contributed by atoms with Gasteiger partial charge in [0.2, 0.25) is 0 Å². The van der Waals surface area contributed by atoms with Crippen LogP contribution in [0.2, 0.25) is 4.34 Å². The van der Waals surface area contributed by atoms with Gasteiger partial charge >= 0.3 is 0 Å². The van der Waals surface area contributed by atoms with Gasteiger partial charge in [0.05, 0.1) is 22.0 Å². The number of hydrogen-bond acceptors (Lipinski definition) is 3. The van der Waals surface area contributed by atoms with E-state index in [1.807, 2.05) is 24.3 Å². The van der Waals surface area contributed by atoms with Crippen molar-refractivity contribution >= 4 is 28.6 Å². The van der Waals surface area contributed by atoms with Crippen molar-refractivity contribution < 1.29 is 0 Å². The van der Waals surface area contributed by atoms with Gasteiger partial charge in [-0.2, -0.15) is 5.26 Å². The van der Waals surface area contributed by atoms with Crippen LogP contribution in [-0.2, 0) is 6.42 Å². The van der Waals surface area contributed by atoms with E-state index in [9.17, 15) is 0 Å². The number of rotatable bonds is 2. The number of nitriles is 1. The fraction of sp³-hybridized carbons (Fsp3) is 0.214. The number of nitrogens with zero attached hydrogens (tertiary/aromatic N) is 1. The summed E-state index contributed by atoms with van der Waals surface area (Å²) < 4.78 is 0.867. The summed E-state index contributed by atoms with van der Waals surface area (Å²) in [5.74, 6) is 0. The molecule has 18 heavy (non-hydrogen) atoms. The minimum Gasteiger partial charge on any atom is -0.378 e. The smallest absolute Gasteiger partial charge is 0.0991 e. The average Bonchev–Trinajstić information content (AvgIpc) is 2.91. The Kier molecular flexibility index (Phi) is 2.99. The zero-order valence-electron chi connectivity index (χ0n) is 9.61. The topological polar surface area (TPSA) is 35.8 Å². The lowest BCUT2D eigenvalue weighted by Gasteiger charge is -2.14. The van der Waals surface area contributed by atoms with Gasteiger partial charge in [-0.25, -0.2) is 0 Å². The second-order valence-electron chi connectivity index (χ2n) is 4.35. The number of anilines is 1. The number of fused-ring (bicyclic) bond motifs is 1. The van der Waals surface area contributed by atoms with E-state index in [-0.39, 0.29) is 0 Å². The summed E-state index contributed by atoms with van der Waals surface area (Å²) in [5.41, 5.74) is 3.06. The summed E-state index contributed by atoms with van der Waals surface area (Å²) in [4.78, 5) is 1.39. The largest absolute Gasteiger partial charge is 0.378 e. The van der Waals surface area contributed by atoms with Gasteiger partial charge in [-0.05, 0) is 48.7 Å². The van der Waals surface area contributed by atoms with Crippen molar-refractivity contribution in [2.24, 2.45) is 0 Å². The van der Waals surface area contributed by atoms with Crippen LogP contribution in [0.3, 0.4) is 0 Å². The molecule has 1 aliphatic carbocycles. The lowest BCUT2D eigenvalue weighted by Crippen LogP contribution is -2.06. The number of benzene rings is 1. The highest BCUT2D eigenvalue weighted by molar-refractivity contribution is 7.16. The average molecular weight is 275 g/mol. The van der Waals surface area contributed by atoms with E-state index in [0.717, 1.165) is 22.9 Å². The Morgan fingerprint density at radius 2 is 2.11 bits per heavy atom. The van der Waals surface area contributed by atoms with Crippen molar-refractivity contribution in [3.05, 3.63) is 50.7 Å². The van der Waals surface area contributed by atoms with Gasteiger partial charge in [-0.1, -0.05) is 11.6 Å². The Balaban J connectivity index is 1.79. The van der Waals surface area contributed by atoms with Crippen molar-refractivity contribution in [2.45, 2.75) is 18.9 Å².